The first kappa shape index (κ1) is 9.99. The Hall–Kier alpha value is -1.09. The van der Waals surface area contributed by atoms with Gasteiger partial charge in [-0.05, 0) is 17.7 Å². The fraction of sp³-hybridized carbons (Fsp3) is 0.222. The Labute approximate surface area is 81.0 Å². The van der Waals surface area contributed by atoms with Crippen LogP contribution >= 0.6 is 11.6 Å². The van der Waals surface area contributed by atoms with E-state index in [-0.39, 0.29) is 5.82 Å². The molecule has 0 amide bonds. The molecule has 0 aromatic heterocycles. The zero-order valence-corrected chi connectivity index (χ0v) is 7.67. The van der Waals surface area contributed by atoms with Crippen molar-refractivity contribution in [2.75, 3.05) is 12.5 Å². The molecule has 0 saturated carbocycles. The van der Waals surface area contributed by atoms with Crippen LogP contribution in [0.2, 0.25) is 0 Å². The Kier molecular flexibility index (Phi) is 4.26. The third-order valence-corrected chi connectivity index (χ3v) is 1.47. The van der Waals surface area contributed by atoms with Gasteiger partial charge in [0, 0.05) is 0 Å². The highest BCUT2D eigenvalue weighted by molar-refractivity contribution is 6.17. The van der Waals surface area contributed by atoms with Gasteiger partial charge in [-0.1, -0.05) is 17.3 Å². The highest BCUT2D eigenvalue weighted by atomic mass is 35.5. The zero-order chi connectivity index (χ0) is 9.52. The molecule has 1 rings (SSSR count). The quantitative estimate of drug-likeness (QED) is 0.317. The molecule has 0 spiro atoms. The molecule has 0 unspecified atom stereocenters. The first-order valence-electron chi connectivity index (χ1n) is 3.80. The molecule has 0 N–H and O–H groups in total. The third-order valence-electron chi connectivity index (χ3n) is 1.31. The van der Waals surface area contributed by atoms with Crippen LogP contribution in [-0.4, -0.2) is 18.7 Å². The van der Waals surface area contributed by atoms with Gasteiger partial charge in [0.05, 0.1) is 12.1 Å². The second kappa shape index (κ2) is 5.54. The molecule has 0 aliphatic rings. The number of hydrogen-bond donors (Lipinski definition) is 0. The van der Waals surface area contributed by atoms with E-state index in [9.17, 15) is 4.39 Å². The Bertz CT molecular complexity index is 273. The van der Waals surface area contributed by atoms with Gasteiger partial charge in [-0.3, -0.25) is 0 Å². The lowest BCUT2D eigenvalue weighted by atomic mass is 10.2. The summed E-state index contributed by atoms with van der Waals surface area (Å²) < 4.78 is 12.4. The van der Waals surface area contributed by atoms with Crippen LogP contribution in [0.3, 0.4) is 0 Å². The number of nitrogens with zero attached hydrogens (tertiary/aromatic N) is 1. The SMILES string of the molecule is Fc1ccc(/C=N/OCCCl)cc1. The van der Waals surface area contributed by atoms with Gasteiger partial charge in [0.25, 0.3) is 0 Å². The highest BCUT2D eigenvalue weighted by Gasteiger charge is 1.89. The molecule has 0 radical (unpaired) electrons. The van der Waals surface area contributed by atoms with E-state index < -0.39 is 0 Å². The maximum Gasteiger partial charge on any atom is 0.130 e. The van der Waals surface area contributed by atoms with Crippen molar-refractivity contribution in [3.8, 4) is 0 Å². The smallest absolute Gasteiger partial charge is 0.130 e. The summed E-state index contributed by atoms with van der Waals surface area (Å²) >= 11 is 5.36. The molecule has 0 bridgehead atoms. The molecule has 1 aromatic carbocycles. The largest absolute Gasteiger partial charge is 0.395 e. The van der Waals surface area contributed by atoms with Crippen LogP contribution in [-0.2, 0) is 4.84 Å². The van der Waals surface area contributed by atoms with Crippen molar-refractivity contribution in [3.63, 3.8) is 0 Å². The highest BCUT2D eigenvalue weighted by Crippen LogP contribution is 1.99. The van der Waals surface area contributed by atoms with Crippen molar-refractivity contribution >= 4 is 17.8 Å². The molecule has 1 aromatic rings. The van der Waals surface area contributed by atoms with Crippen LogP contribution in [0.1, 0.15) is 5.56 Å². The summed E-state index contributed by atoms with van der Waals surface area (Å²) in [7, 11) is 0. The van der Waals surface area contributed by atoms with E-state index in [1.54, 1.807) is 12.1 Å². The van der Waals surface area contributed by atoms with Crippen LogP contribution in [0.15, 0.2) is 29.4 Å². The van der Waals surface area contributed by atoms with E-state index >= 15 is 0 Å². The minimum Gasteiger partial charge on any atom is -0.395 e. The minimum atomic E-state index is -0.265. The predicted octanol–water partition coefficient (Wildman–Crippen LogP) is 2.42. The van der Waals surface area contributed by atoms with E-state index in [1.165, 1.54) is 18.3 Å². The van der Waals surface area contributed by atoms with Gasteiger partial charge in [0.2, 0.25) is 0 Å². The number of alkyl halides is 1. The average Bonchev–Trinajstić information content (AvgIpc) is 2.15. The summed E-state index contributed by atoms with van der Waals surface area (Å²) in [6.07, 6.45) is 1.51. The molecule has 0 atom stereocenters. The molecular formula is C9H9ClFNO. The molecule has 0 saturated heterocycles. The number of benzene rings is 1. The number of rotatable bonds is 4. The van der Waals surface area contributed by atoms with Gasteiger partial charge in [0.1, 0.15) is 12.4 Å². The summed E-state index contributed by atoms with van der Waals surface area (Å²) in [5, 5.41) is 3.63. The van der Waals surface area contributed by atoms with Gasteiger partial charge in [0.15, 0.2) is 0 Å². The normalized spacial score (nSPS) is 10.6. The molecule has 0 aliphatic heterocycles. The zero-order valence-electron chi connectivity index (χ0n) is 6.91. The molecule has 0 aliphatic carbocycles. The van der Waals surface area contributed by atoms with Crippen LogP contribution in [0.5, 0.6) is 0 Å². The summed E-state index contributed by atoms with van der Waals surface area (Å²) in [5.74, 6) is 0.139. The topological polar surface area (TPSA) is 21.6 Å². The first-order chi connectivity index (χ1) is 6.33. The van der Waals surface area contributed by atoms with Crippen molar-refractivity contribution in [3.05, 3.63) is 35.6 Å². The van der Waals surface area contributed by atoms with E-state index in [1.807, 2.05) is 0 Å². The fourth-order valence-electron chi connectivity index (χ4n) is 0.734. The second-order valence-electron chi connectivity index (χ2n) is 2.31. The van der Waals surface area contributed by atoms with Gasteiger partial charge in [-0.2, -0.15) is 0 Å². The van der Waals surface area contributed by atoms with Crippen LogP contribution in [0.4, 0.5) is 4.39 Å². The summed E-state index contributed by atoms with van der Waals surface area (Å²) in [6.45, 7) is 0.374. The van der Waals surface area contributed by atoms with E-state index in [0.717, 1.165) is 5.56 Å². The van der Waals surface area contributed by atoms with Gasteiger partial charge >= 0.3 is 0 Å². The Morgan fingerprint density at radius 3 is 2.69 bits per heavy atom. The average molecular weight is 202 g/mol. The lowest BCUT2D eigenvalue weighted by molar-refractivity contribution is 0.162. The second-order valence-corrected chi connectivity index (χ2v) is 2.69. The molecule has 0 fully saturated rings. The minimum absolute atomic E-state index is 0.265. The number of oxime groups is 1. The standard InChI is InChI=1S/C9H9ClFNO/c10-5-6-13-12-7-8-1-3-9(11)4-2-8/h1-4,7H,5-6H2/b12-7+. The van der Waals surface area contributed by atoms with E-state index in [0.29, 0.717) is 12.5 Å². The van der Waals surface area contributed by atoms with Crippen molar-refractivity contribution < 1.29 is 9.23 Å². The summed E-state index contributed by atoms with van der Waals surface area (Å²) in [4.78, 5) is 4.76. The van der Waals surface area contributed by atoms with Crippen molar-refractivity contribution in [2.45, 2.75) is 0 Å². The van der Waals surface area contributed by atoms with E-state index in [2.05, 4.69) is 5.16 Å². The summed E-state index contributed by atoms with van der Waals surface area (Å²) in [5.41, 5.74) is 0.788. The molecule has 13 heavy (non-hydrogen) atoms. The van der Waals surface area contributed by atoms with Crippen molar-refractivity contribution in [1.29, 1.82) is 0 Å². The summed E-state index contributed by atoms with van der Waals surface area (Å²) in [6, 6.07) is 5.96. The first-order valence-corrected chi connectivity index (χ1v) is 4.33. The van der Waals surface area contributed by atoms with Gasteiger partial charge in [-0.15, -0.1) is 11.6 Å². The molecule has 0 heterocycles. The Morgan fingerprint density at radius 1 is 1.38 bits per heavy atom. The molecule has 2 nitrogen and oxygen atoms in total. The molecule has 4 heteroatoms. The molecule has 70 valence electrons. The predicted molar refractivity (Wildman–Crippen MR) is 50.7 cm³/mol. The van der Waals surface area contributed by atoms with Gasteiger partial charge < -0.3 is 4.84 Å². The maximum atomic E-state index is 12.4. The lowest BCUT2D eigenvalue weighted by Crippen LogP contribution is -1.89. The van der Waals surface area contributed by atoms with E-state index in [4.69, 9.17) is 16.4 Å². The maximum absolute atomic E-state index is 12.4. The Morgan fingerprint density at radius 2 is 2.08 bits per heavy atom. The number of hydrogen-bond acceptors (Lipinski definition) is 2. The third kappa shape index (κ3) is 3.90. The van der Waals surface area contributed by atoms with Crippen molar-refractivity contribution in [2.24, 2.45) is 5.16 Å². The number of halogens is 2. The van der Waals surface area contributed by atoms with Crippen molar-refractivity contribution in [1.82, 2.24) is 0 Å². The van der Waals surface area contributed by atoms with Crippen LogP contribution in [0, 0.1) is 5.82 Å². The van der Waals surface area contributed by atoms with Crippen LogP contribution in [0.25, 0.3) is 0 Å². The van der Waals surface area contributed by atoms with Gasteiger partial charge in [-0.25, -0.2) is 4.39 Å². The fourth-order valence-corrected chi connectivity index (χ4v) is 0.803. The lowest BCUT2D eigenvalue weighted by Gasteiger charge is -1.93. The Balaban J connectivity index is 2.44. The monoisotopic (exact) mass is 201 g/mol. The molecular weight excluding hydrogens is 193 g/mol. The van der Waals surface area contributed by atoms with Crippen LogP contribution < -0.4 is 0 Å².